The number of likely N-dealkylation sites (tertiary alicyclic amines) is 1. The summed E-state index contributed by atoms with van der Waals surface area (Å²) >= 11 is 0. The molecule has 2 saturated heterocycles. The lowest BCUT2D eigenvalue weighted by Crippen LogP contribution is -2.47. The van der Waals surface area contributed by atoms with Gasteiger partial charge in [-0.15, -0.1) is 0 Å². The van der Waals surface area contributed by atoms with Crippen molar-refractivity contribution in [2.24, 2.45) is 5.92 Å². The first-order valence-corrected chi connectivity index (χ1v) is 9.17. The average Bonchev–Trinajstić information content (AvgIpc) is 2.96. The summed E-state index contributed by atoms with van der Waals surface area (Å²) in [5.74, 6) is -1.55. The average molecular weight is 398 g/mol. The fourth-order valence-corrected chi connectivity index (χ4v) is 3.70. The van der Waals surface area contributed by atoms with Crippen molar-refractivity contribution in [2.45, 2.75) is 38.4 Å². The molecule has 2 amide bonds. The number of hydrogen-bond acceptors (Lipinski definition) is 5. The molecule has 1 aromatic rings. The number of benzene rings is 1. The summed E-state index contributed by atoms with van der Waals surface area (Å²) in [6.45, 7) is 2.94. The molecule has 6 nitrogen and oxygen atoms in total. The van der Waals surface area contributed by atoms with Crippen molar-refractivity contribution < 1.29 is 32.3 Å². The molecule has 2 heterocycles. The van der Waals surface area contributed by atoms with Crippen molar-refractivity contribution in [3.05, 3.63) is 29.8 Å². The van der Waals surface area contributed by atoms with Gasteiger partial charge < -0.3 is 4.74 Å². The van der Waals surface area contributed by atoms with Crippen LogP contribution in [0.2, 0.25) is 0 Å². The van der Waals surface area contributed by atoms with E-state index in [4.69, 9.17) is 4.74 Å². The number of halogens is 3. The van der Waals surface area contributed by atoms with Crippen molar-refractivity contribution in [1.29, 1.82) is 0 Å². The second-order valence-corrected chi connectivity index (χ2v) is 6.90. The predicted molar refractivity (Wildman–Crippen MR) is 93.3 cm³/mol. The summed E-state index contributed by atoms with van der Waals surface area (Å²) in [7, 11) is 0. The molecule has 2 fully saturated rings. The Kier molecular flexibility index (Phi) is 5.74. The lowest BCUT2D eigenvalue weighted by Gasteiger charge is -2.33. The minimum atomic E-state index is -4.56. The maximum absolute atomic E-state index is 12.9. The summed E-state index contributed by atoms with van der Waals surface area (Å²) in [6, 6.07) is 3.49. The molecule has 0 N–H and O–H groups in total. The minimum absolute atomic E-state index is 0.0752. The molecule has 0 aromatic heterocycles. The molecule has 2 aliphatic heterocycles. The standard InChI is InChI=1S/C19H21F3N2O4/c1-2-28-18(27)12-6-8-23(9-7-12)15-11-16(25)24(17(15)26)14-5-3-4-13(10-14)19(20,21)22/h3-5,10,12,15H,2,6-9,11H2,1H3. The van der Waals surface area contributed by atoms with Gasteiger partial charge in [-0.25, -0.2) is 4.90 Å². The van der Waals surface area contributed by atoms with Crippen LogP contribution in [-0.4, -0.2) is 48.4 Å². The third-order valence-electron chi connectivity index (χ3n) is 5.14. The van der Waals surface area contributed by atoms with Crippen molar-refractivity contribution in [3.8, 4) is 0 Å². The monoisotopic (exact) mass is 398 g/mol. The van der Waals surface area contributed by atoms with Crippen molar-refractivity contribution >= 4 is 23.5 Å². The zero-order chi connectivity index (χ0) is 20.5. The normalized spacial score (nSPS) is 22.0. The fraction of sp³-hybridized carbons (Fsp3) is 0.526. The van der Waals surface area contributed by atoms with Gasteiger partial charge in [0, 0.05) is 0 Å². The number of nitrogens with zero attached hydrogens (tertiary/aromatic N) is 2. The Morgan fingerprint density at radius 3 is 2.50 bits per heavy atom. The van der Waals surface area contributed by atoms with Gasteiger partial charge in [0.15, 0.2) is 0 Å². The number of esters is 1. The molecule has 152 valence electrons. The van der Waals surface area contributed by atoms with Gasteiger partial charge >= 0.3 is 12.1 Å². The molecule has 1 atom stereocenters. The van der Waals surface area contributed by atoms with Gasteiger partial charge in [0.05, 0.1) is 36.2 Å². The topological polar surface area (TPSA) is 66.9 Å². The van der Waals surface area contributed by atoms with E-state index in [0.717, 1.165) is 17.0 Å². The van der Waals surface area contributed by atoms with Crippen molar-refractivity contribution in [3.63, 3.8) is 0 Å². The van der Waals surface area contributed by atoms with Crippen molar-refractivity contribution in [2.75, 3.05) is 24.6 Å². The van der Waals surface area contributed by atoms with Gasteiger partial charge in [-0.1, -0.05) is 6.07 Å². The lowest BCUT2D eigenvalue weighted by molar-refractivity contribution is -0.150. The zero-order valence-corrected chi connectivity index (χ0v) is 15.4. The highest BCUT2D eigenvalue weighted by molar-refractivity contribution is 6.22. The Morgan fingerprint density at radius 2 is 1.89 bits per heavy atom. The van der Waals surface area contributed by atoms with E-state index in [2.05, 4.69) is 0 Å². The Balaban J connectivity index is 1.70. The number of carbonyl (C=O) groups is 3. The molecule has 9 heteroatoms. The smallest absolute Gasteiger partial charge is 0.416 e. The summed E-state index contributed by atoms with van der Waals surface area (Å²) in [5, 5.41) is 0. The van der Waals surface area contributed by atoms with Crippen LogP contribution in [0.5, 0.6) is 0 Å². The van der Waals surface area contributed by atoms with Gasteiger partial charge in [0.1, 0.15) is 0 Å². The molecule has 3 rings (SSSR count). The molecule has 0 radical (unpaired) electrons. The number of amides is 2. The third-order valence-corrected chi connectivity index (χ3v) is 5.14. The molecule has 1 unspecified atom stereocenters. The molecular formula is C19H21F3N2O4. The summed E-state index contributed by atoms with van der Waals surface area (Å²) < 4.78 is 43.8. The maximum atomic E-state index is 12.9. The number of hydrogen-bond donors (Lipinski definition) is 0. The number of piperidine rings is 1. The fourth-order valence-electron chi connectivity index (χ4n) is 3.70. The molecule has 1 aromatic carbocycles. The number of rotatable bonds is 4. The largest absolute Gasteiger partial charge is 0.466 e. The number of carbonyl (C=O) groups excluding carboxylic acids is 3. The maximum Gasteiger partial charge on any atom is 0.416 e. The molecule has 28 heavy (non-hydrogen) atoms. The minimum Gasteiger partial charge on any atom is -0.466 e. The van der Waals surface area contributed by atoms with Gasteiger partial charge in [0.2, 0.25) is 5.91 Å². The number of alkyl halides is 3. The van der Waals surface area contributed by atoms with E-state index in [1.807, 2.05) is 4.90 Å². The van der Waals surface area contributed by atoms with E-state index in [1.54, 1.807) is 6.92 Å². The van der Waals surface area contributed by atoms with E-state index in [-0.39, 0.29) is 24.0 Å². The summed E-state index contributed by atoms with van der Waals surface area (Å²) in [4.78, 5) is 39.6. The zero-order valence-electron chi connectivity index (χ0n) is 15.4. The molecule has 0 spiro atoms. The van der Waals surface area contributed by atoms with Crippen LogP contribution < -0.4 is 4.90 Å². The third kappa shape index (κ3) is 4.04. The van der Waals surface area contributed by atoms with Crippen LogP contribution in [0.4, 0.5) is 18.9 Å². The SMILES string of the molecule is CCOC(=O)C1CCN(C2CC(=O)N(c3cccc(C(F)(F)F)c3)C2=O)CC1. The number of ether oxygens (including phenoxy) is 1. The van der Waals surface area contributed by atoms with Gasteiger partial charge in [-0.2, -0.15) is 13.2 Å². The number of imide groups is 1. The van der Waals surface area contributed by atoms with E-state index in [9.17, 15) is 27.6 Å². The second-order valence-electron chi connectivity index (χ2n) is 6.90. The Labute approximate surface area is 160 Å². The van der Waals surface area contributed by atoms with Crippen LogP contribution >= 0.6 is 0 Å². The summed E-state index contributed by atoms with van der Waals surface area (Å²) in [5.41, 5.74) is -0.988. The van der Waals surface area contributed by atoms with Gasteiger partial charge in [-0.05, 0) is 51.1 Å². The van der Waals surface area contributed by atoms with Gasteiger partial charge in [-0.3, -0.25) is 19.3 Å². The predicted octanol–water partition coefficient (Wildman–Crippen LogP) is 2.61. The molecular weight excluding hydrogens is 377 g/mol. The van der Waals surface area contributed by atoms with Gasteiger partial charge in [0.25, 0.3) is 5.91 Å². The van der Waals surface area contributed by atoms with Crippen LogP contribution in [0, 0.1) is 5.92 Å². The highest BCUT2D eigenvalue weighted by Gasteiger charge is 2.44. The lowest BCUT2D eigenvalue weighted by atomic mass is 9.95. The Hall–Kier alpha value is -2.42. The first-order valence-electron chi connectivity index (χ1n) is 9.17. The van der Waals surface area contributed by atoms with Crippen LogP contribution in [-0.2, 0) is 25.3 Å². The highest BCUT2D eigenvalue weighted by Crippen LogP contribution is 2.34. The van der Waals surface area contributed by atoms with E-state index < -0.39 is 29.6 Å². The quantitative estimate of drug-likeness (QED) is 0.576. The van der Waals surface area contributed by atoms with Crippen LogP contribution in [0.3, 0.4) is 0 Å². The van der Waals surface area contributed by atoms with E-state index >= 15 is 0 Å². The molecule has 0 aliphatic carbocycles. The van der Waals surface area contributed by atoms with Crippen LogP contribution in [0.1, 0.15) is 31.7 Å². The molecule has 0 bridgehead atoms. The molecule has 2 aliphatic rings. The summed E-state index contributed by atoms with van der Waals surface area (Å²) in [6.07, 6.45) is -3.61. The van der Waals surface area contributed by atoms with Crippen LogP contribution in [0.25, 0.3) is 0 Å². The van der Waals surface area contributed by atoms with Crippen LogP contribution in [0.15, 0.2) is 24.3 Å². The van der Waals surface area contributed by atoms with Crippen molar-refractivity contribution in [1.82, 2.24) is 4.90 Å². The van der Waals surface area contributed by atoms with E-state index in [1.165, 1.54) is 12.1 Å². The highest BCUT2D eigenvalue weighted by atomic mass is 19.4. The number of anilines is 1. The first kappa shape index (κ1) is 20.3. The Morgan fingerprint density at radius 1 is 1.21 bits per heavy atom. The first-order chi connectivity index (χ1) is 13.2. The Bertz CT molecular complexity index is 773. The second kappa shape index (κ2) is 7.90. The molecule has 0 saturated carbocycles. The van der Waals surface area contributed by atoms with E-state index in [0.29, 0.717) is 32.5 Å².